The molecule has 6 heteroatoms. The van der Waals surface area contributed by atoms with E-state index in [-0.39, 0.29) is 11.7 Å². The summed E-state index contributed by atoms with van der Waals surface area (Å²) in [6.07, 6.45) is 3.47. The van der Waals surface area contributed by atoms with Gasteiger partial charge in [-0.1, -0.05) is 12.1 Å². The number of benzene rings is 2. The number of nitrogens with zero attached hydrogens (tertiary/aromatic N) is 3. The van der Waals surface area contributed by atoms with Crippen molar-refractivity contribution in [1.29, 1.82) is 0 Å². The number of carbonyl (C=O) groups is 1. The number of anilines is 1. The highest BCUT2D eigenvalue weighted by Gasteiger charge is 2.31. The van der Waals surface area contributed by atoms with Crippen LogP contribution in [0.4, 0.5) is 10.1 Å². The van der Waals surface area contributed by atoms with E-state index in [1.54, 1.807) is 12.1 Å². The van der Waals surface area contributed by atoms with Gasteiger partial charge in [0.15, 0.2) is 0 Å². The molecule has 2 aromatic carbocycles. The van der Waals surface area contributed by atoms with Crippen LogP contribution in [-0.2, 0) is 4.74 Å². The summed E-state index contributed by atoms with van der Waals surface area (Å²) >= 11 is 0. The lowest BCUT2D eigenvalue weighted by atomic mass is 9.98. The summed E-state index contributed by atoms with van der Waals surface area (Å²) in [7, 11) is 0. The Morgan fingerprint density at radius 1 is 0.844 bits per heavy atom. The zero-order valence-electron chi connectivity index (χ0n) is 18.6. The van der Waals surface area contributed by atoms with Crippen molar-refractivity contribution < 1.29 is 13.9 Å². The molecule has 5 nitrogen and oxygen atoms in total. The summed E-state index contributed by atoms with van der Waals surface area (Å²) in [5.74, 6) is 0.461. The molecule has 0 bridgehead atoms. The van der Waals surface area contributed by atoms with Gasteiger partial charge in [0.2, 0.25) is 0 Å². The second-order valence-corrected chi connectivity index (χ2v) is 9.20. The molecule has 0 spiro atoms. The minimum Gasteiger partial charge on any atom is -0.378 e. The predicted octanol–water partition coefficient (Wildman–Crippen LogP) is 3.76. The molecule has 2 aromatic rings. The van der Waals surface area contributed by atoms with Gasteiger partial charge in [0, 0.05) is 50.0 Å². The van der Waals surface area contributed by atoms with Gasteiger partial charge in [0.1, 0.15) is 5.82 Å². The fraction of sp³-hybridized carbons (Fsp3) is 0.500. The van der Waals surface area contributed by atoms with Crippen molar-refractivity contribution in [2.24, 2.45) is 0 Å². The van der Waals surface area contributed by atoms with Crippen LogP contribution in [-0.4, -0.2) is 74.2 Å². The van der Waals surface area contributed by atoms with Gasteiger partial charge in [-0.25, -0.2) is 4.39 Å². The largest absolute Gasteiger partial charge is 0.378 e. The molecule has 5 rings (SSSR count). The Bertz CT molecular complexity index is 904. The Hall–Kier alpha value is -2.44. The number of piperidine rings is 1. The minimum absolute atomic E-state index is 0.100. The highest BCUT2D eigenvalue weighted by Crippen LogP contribution is 2.32. The van der Waals surface area contributed by atoms with Crippen LogP contribution in [0.25, 0.3) is 0 Å². The molecule has 170 valence electrons. The molecule has 1 amide bonds. The fourth-order valence-electron chi connectivity index (χ4n) is 5.38. The Kier molecular flexibility index (Phi) is 6.42. The number of rotatable bonds is 4. The number of ether oxygens (including phenoxy) is 1. The van der Waals surface area contributed by atoms with Crippen LogP contribution in [0, 0.1) is 5.82 Å². The van der Waals surface area contributed by atoms with Crippen molar-refractivity contribution >= 4 is 11.6 Å². The Balaban J connectivity index is 1.13. The van der Waals surface area contributed by atoms with E-state index in [0.29, 0.717) is 38.3 Å². The number of hydrogen-bond donors (Lipinski definition) is 0. The SMILES string of the molecule is O=C(c1ccc(N2CCC(N3CC[C@@H](c4ccc(F)cc4)C3)CC2)cc1)N1CCOCC1. The van der Waals surface area contributed by atoms with Crippen molar-refractivity contribution in [3.8, 4) is 0 Å². The standard InChI is InChI=1S/C26H32FN3O2/c27-23-5-1-20(2-6-23)22-9-12-30(19-22)25-10-13-28(14-11-25)24-7-3-21(4-8-24)26(31)29-15-17-32-18-16-29/h1-8,22,25H,9-19H2/t22-/m1/s1. The number of halogens is 1. The molecule has 0 saturated carbocycles. The first-order valence-electron chi connectivity index (χ1n) is 11.9. The molecule has 3 heterocycles. The van der Waals surface area contributed by atoms with Gasteiger partial charge < -0.3 is 14.5 Å². The second kappa shape index (κ2) is 9.59. The summed E-state index contributed by atoms with van der Waals surface area (Å²) in [6.45, 7) is 6.89. The smallest absolute Gasteiger partial charge is 0.254 e. The van der Waals surface area contributed by atoms with Crippen LogP contribution < -0.4 is 4.90 Å². The molecule has 0 unspecified atom stereocenters. The average Bonchev–Trinajstić information content (AvgIpc) is 3.35. The van der Waals surface area contributed by atoms with E-state index in [2.05, 4.69) is 21.9 Å². The van der Waals surface area contributed by atoms with E-state index in [0.717, 1.165) is 51.0 Å². The molecular formula is C26H32FN3O2. The Morgan fingerprint density at radius 3 is 2.22 bits per heavy atom. The normalized spacial score (nSPS) is 23.0. The van der Waals surface area contributed by atoms with Crippen LogP contribution in [0.1, 0.15) is 41.1 Å². The van der Waals surface area contributed by atoms with Gasteiger partial charge in [0.25, 0.3) is 5.91 Å². The maximum atomic E-state index is 13.2. The van der Waals surface area contributed by atoms with Crippen molar-refractivity contribution in [1.82, 2.24) is 9.80 Å². The average molecular weight is 438 g/mol. The Labute approximate surface area is 189 Å². The van der Waals surface area contributed by atoms with E-state index in [4.69, 9.17) is 4.74 Å². The first kappa shape index (κ1) is 21.4. The maximum absolute atomic E-state index is 13.2. The third-order valence-corrected chi connectivity index (χ3v) is 7.32. The van der Waals surface area contributed by atoms with Crippen molar-refractivity contribution in [2.45, 2.75) is 31.2 Å². The van der Waals surface area contributed by atoms with Gasteiger partial charge in [0.05, 0.1) is 13.2 Å². The number of hydrogen-bond acceptors (Lipinski definition) is 4. The highest BCUT2D eigenvalue weighted by molar-refractivity contribution is 5.94. The minimum atomic E-state index is -0.158. The topological polar surface area (TPSA) is 36.0 Å². The number of amides is 1. The number of morpholine rings is 1. The zero-order valence-corrected chi connectivity index (χ0v) is 18.6. The molecule has 0 aliphatic carbocycles. The Morgan fingerprint density at radius 2 is 1.53 bits per heavy atom. The van der Waals surface area contributed by atoms with E-state index in [1.807, 2.05) is 29.2 Å². The quantitative estimate of drug-likeness (QED) is 0.730. The van der Waals surface area contributed by atoms with Crippen LogP contribution in [0.5, 0.6) is 0 Å². The van der Waals surface area contributed by atoms with Gasteiger partial charge in [-0.2, -0.15) is 0 Å². The molecular weight excluding hydrogens is 405 g/mol. The van der Waals surface area contributed by atoms with E-state index < -0.39 is 0 Å². The fourth-order valence-corrected chi connectivity index (χ4v) is 5.38. The van der Waals surface area contributed by atoms with Crippen LogP contribution in [0.2, 0.25) is 0 Å². The molecule has 32 heavy (non-hydrogen) atoms. The van der Waals surface area contributed by atoms with Crippen LogP contribution in [0.15, 0.2) is 48.5 Å². The lowest BCUT2D eigenvalue weighted by molar-refractivity contribution is 0.0303. The molecule has 0 aromatic heterocycles. The van der Waals surface area contributed by atoms with Gasteiger partial charge in [-0.15, -0.1) is 0 Å². The summed E-state index contributed by atoms with van der Waals surface area (Å²) in [6, 6.07) is 15.8. The van der Waals surface area contributed by atoms with Crippen LogP contribution in [0.3, 0.4) is 0 Å². The lowest BCUT2D eigenvalue weighted by Crippen LogP contribution is -2.44. The first-order valence-corrected chi connectivity index (χ1v) is 11.9. The number of likely N-dealkylation sites (tertiary alicyclic amines) is 1. The summed E-state index contributed by atoms with van der Waals surface area (Å²) < 4.78 is 18.6. The molecule has 0 radical (unpaired) electrons. The van der Waals surface area contributed by atoms with E-state index in [9.17, 15) is 9.18 Å². The number of carbonyl (C=O) groups excluding carboxylic acids is 1. The van der Waals surface area contributed by atoms with Gasteiger partial charge >= 0.3 is 0 Å². The van der Waals surface area contributed by atoms with E-state index in [1.165, 1.54) is 11.3 Å². The lowest BCUT2D eigenvalue weighted by Gasteiger charge is -2.38. The van der Waals surface area contributed by atoms with Crippen molar-refractivity contribution in [2.75, 3.05) is 57.4 Å². The summed E-state index contributed by atoms with van der Waals surface area (Å²) in [5, 5.41) is 0. The van der Waals surface area contributed by atoms with Gasteiger partial charge in [-0.05, 0) is 73.7 Å². The third-order valence-electron chi connectivity index (χ3n) is 7.32. The molecule has 3 saturated heterocycles. The second-order valence-electron chi connectivity index (χ2n) is 9.20. The van der Waals surface area contributed by atoms with E-state index >= 15 is 0 Å². The van der Waals surface area contributed by atoms with Crippen molar-refractivity contribution in [3.63, 3.8) is 0 Å². The van der Waals surface area contributed by atoms with Crippen LogP contribution >= 0.6 is 0 Å². The molecule has 3 aliphatic rings. The third kappa shape index (κ3) is 4.66. The maximum Gasteiger partial charge on any atom is 0.254 e. The first-order chi connectivity index (χ1) is 15.7. The molecule has 3 aliphatic heterocycles. The van der Waals surface area contributed by atoms with Crippen molar-refractivity contribution in [3.05, 3.63) is 65.5 Å². The summed E-state index contributed by atoms with van der Waals surface area (Å²) in [4.78, 5) is 19.6. The molecule has 0 N–H and O–H groups in total. The van der Waals surface area contributed by atoms with Gasteiger partial charge in [-0.3, -0.25) is 9.69 Å². The predicted molar refractivity (Wildman–Crippen MR) is 124 cm³/mol. The highest BCUT2D eigenvalue weighted by atomic mass is 19.1. The molecule has 1 atom stereocenters. The zero-order chi connectivity index (χ0) is 21.9. The monoisotopic (exact) mass is 437 g/mol. The summed E-state index contributed by atoms with van der Waals surface area (Å²) in [5.41, 5.74) is 3.22. The molecule has 3 fully saturated rings.